The van der Waals surface area contributed by atoms with E-state index < -0.39 is 0 Å². The number of rotatable bonds is 1. The SMILES string of the molecule is Cc1ccc(C(=O)N2Cc3cnc(N)nc3C2)cc1F. The molecule has 0 saturated carbocycles. The minimum absolute atomic E-state index is 0.194. The minimum Gasteiger partial charge on any atom is -0.368 e. The molecule has 1 aromatic heterocycles. The number of hydrogen-bond acceptors (Lipinski definition) is 4. The van der Waals surface area contributed by atoms with Gasteiger partial charge >= 0.3 is 0 Å². The van der Waals surface area contributed by atoms with Crippen LogP contribution in [0.2, 0.25) is 0 Å². The number of fused-ring (bicyclic) bond motifs is 1. The standard InChI is InChI=1S/C14H13FN4O/c1-8-2-3-9(4-11(8)15)13(20)19-6-10-5-17-14(16)18-12(10)7-19/h2-5H,6-7H2,1H3,(H2,16,17,18). The Morgan fingerprint density at radius 2 is 2.20 bits per heavy atom. The fourth-order valence-electron chi connectivity index (χ4n) is 2.22. The molecular weight excluding hydrogens is 259 g/mol. The molecule has 2 N–H and O–H groups in total. The van der Waals surface area contributed by atoms with Crippen molar-refractivity contribution < 1.29 is 9.18 Å². The summed E-state index contributed by atoms with van der Waals surface area (Å²) in [5, 5.41) is 0. The van der Waals surface area contributed by atoms with Gasteiger partial charge in [-0.15, -0.1) is 0 Å². The fourth-order valence-corrected chi connectivity index (χ4v) is 2.22. The molecule has 0 saturated heterocycles. The van der Waals surface area contributed by atoms with Crippen molar-refractivity contribution in [1.29, 1.82) is 0 Å². The second-order valence-corrected chi connectivity index (χ2v) is 4.83. The molecule has 5 nitrogen and oxygen atoms in total. The van der Waals surface area contributed by atoms with Crippen LogP contribution in [0, 0.1) is 12.7 Å². The molecule has 0 radical (unpaired) electrons. The van der Waals surface area contributed by atoms with E-state index in [4.69, 9.17) is 5.73 Å². The average molecular weight is 272 g/mol. The molecule has 6 heteroatoms. The van der Waals surface area contributed by atoms with Crippen molar-refractivity contribution in [3.8, 4) is 0 Å². The Balaban J connectivity index is 1.85. The van der Waals surface area contributed by atoms with Crippen molar-refractivity contribution in [2.45, 2.75) is 20.0 Å². The van der Waals surface area contributed by atoms with E-state index >= 15 is 0 Å². The lowest BCUT2D eigenvalue weighted by atomic mass is 10.1. The Bertz CT molecular complexity index is 702. The van der Waals surface area contributed by atoms with Crippen molar-refractivity contribution in [2.75, 3.05) is 5.73 Å². The molecule has 20 heavy (non-hydrogen) atoms. The highest BCUT2D eigenvalue weighted by atomic mass is 19.1. The van der Waals surface area contributed by atoms with Gasteiger partial charge < -0.3 is 10.6 Å². The average Bonchev–Trinajstić information content (AvgIpc) is 2.84. The molecule has 0 aliphatic carbocycles. The summed E-state index contributed by atoms with van der Waals surface area (Å²) >= 11 is 0. The number of carbonyl (C=O) groups excluding carboxylic acids is 1. The van der Waals surface area contributed by atoms with Crippen LogP contribution < -0.4 is 5.73 Å². The van der Waals surface area contributed by atoms with Gasteiger partial charge in [-0.25, -0.2) is 14.4 Å². The van der Waals surface area contributed by atoms with E-state index in [0.29, 0.717) is 24.2 Å². The molecule has 0 spiro atoms. The van der Waals surface area contributed by atoms with Gasteiger partial charge in [0.1, 0.15) is 5.82 Å². The third-order valence-corrected chi connectivity index (χ3v) is 3.38. The number of nitrogens with zero attached hydrogens (tertiary/aromatic N) is 3. The number of benzene rings is 1. The first-order chi connectivity index (χ1) is 9.54. The highest BCUT2D eigenvalue weighted by Gasteiger charge is 2.26. The highest BCUT2D eigenvalue weighted by Crippen LogP contribution is 2.23. The second-order valence-electron chi connectivity index (χ2n) is 4.83. The number of nitrogen functional groups attached to an aromatic ring is 1. The molecule has 0 unspecified atom stereocenters. The molecule has 2 aromatic rings. The molecule has 0 atom stereocenters. The van der Waals surface area contributed by atoms with Crippen molar-refractivity contribution in [3.05, 3.63) is 52.6 Å². The Kier molecular flexibility index (Phi) is 2.85. The van der Waals surface area contributed by atoms with Gasteiger partial charge in [-0.3, -0.25) is 4.79 Å². The van der Waals surface area contributed by atoms with E-state index in [1.807, 2.05) is 0 Å². The van der Waals surface area contributed by atoms with Gasteiger partial charge in [-0.2, -0.15) is 0 Å². The van der Waals surface area contributed by atoms with Crippen molar-refractivity contribution in [2.24, 2.45) is 0 Å². The zero-order valence-corrected chi connectivity index (χ0v) is 10.9. The van der Waals surface area contributed by atoms with Crippen LogP contribution in [0.1, 0.15) is 27.2 Å². The topological polar surface area (TPSA) is 72.1 Å². The molecule has 0 bridgehead atoms. The van der Waals surface area contributed by atoms with Crippen LogP contribution in [0.25, 0.3) is 0 Å². The van der Waals surface area contributed by atoms with Crippen LogP contribution in [-0.2, 0) is 13.1 Å². The monoisotopic (exact) mass is 272 g/mol. The predicted molar refractivity (Wildman–Crippen MR) is 71.2 cm³/mol. The molecule has 2 heterocycles. The number of amides is 1. The number of aromatic nitrogens is 2. The number of anilines is 1. The number of nitrogens with two attached hydrogens (primary N) is 1. The van der Waals surface area contributed by atoms with Crippen LogP contribution in [0.4, 0.5) is 10.3 Å². The lowest BCUT2D eigenvalue weighted by Gasteiger charge is -2.15. The van der Waals surface area contributed by atoms with Crippen molar-refractivity contribution in [3.63, 3.8) is 0 Å². The first-order valence-electron chi connectivity index (χ1n) is 6.20. The maximum atomic E-state index is 13.5. The summed E-state index contributed by atoms with van der Waals surface area (Å²) in [6.07, 6.45) is 1.63. The summed E-state index contributed by atoms with van der Waals surface area (Å²) in [4.78, 5) is 22.0. The van der Waals surface area contributed by atoms with Crippen LogP contribution >= 0.6 is 0 Å². The van der Waals surface area contributed by atoms with E-state index in [1.165, 1.54) is 6.07 Å². The molecule has 1 aromatic carbocycles. The van der Waals surface area contributed by atoms with Crippen LogP contribution in [0.15, 0.2) is 24.4 Å². The Morgan fingerprint density at radius 3 is 2.95 bits per heavy atom. The Morgan fingerprint density at radius 1 is 1.40 bits per heavy atom. The Hall–Kier alpha value is -2.50. The maximum absolute atomic E-state index is 13.5. The van der Waals surface area contributed by atoms with Gasteiger partial charge in [0.15, 0.2) is 0 Å². The summed E-state index contributed by atoms with van der Waals surface area (Å²) in [6.45, 7) is 2.45. The van der Waals surface area contributed by atoms with Crippen LogP contribution in [0.3, 0.4) is 0 Å². The molecule has 0 fully saturated rings. The smallest absolute Gasteiger partial charge is 0.254 e. The second kappa shape index (κ2) is 4.56. The lowest BCUT2D eigenvalue weighted by Crippen LogP contribution is -2.25. The molecule has 1 aliphatic heterocycles. The largest absolute Gasteiger partial charge is 0.368 e. The third-order valence-electron chi connectivity index (χ3n) is 3.38. The fraction of sp³-hybridized carbons (Fsp3) is 0.214. The lowest BCUT2D eigenvalue weighted by molar-refractivity contribution is 0.0750. The van der Waals surface area contributed by atoms with Gasteiger partial charge in [0.25, 0.3) is 5.91 Å². The first kappa shape index (κ1) is 12.5. The van der Waals surface area contributed by atoms with E-state index in [0.717, 1.165) is 11.3 Å². The molecule has 1 aliphatic rings. The molecular formula is C14H13FN4O. The summed E-state index contributed by atoms with van der Waals surface area (Å²) in [6, 6.07) is 4.49. The third kappa shape index (κ3) is 2.09. The van der Waals surface area contributed by atoms with Gasteiger partial charge in [-0.05, 0) is 24.6 Å². The van der Waals surface area contributed by atoms with Crippen molar-refractivity contribution >= 4 is 11.9 Å². The number of aryl methyl sites for hydroxylation is 1. The van der Waals surface area contributed by atoms with Gasteiger partial charge in [0, 0.05) is 23.9 Å². The maximum Gasteiger partial charge on any atom is 0.254 e. The van der Waals surface area contributed by atoms with E-state index in [1.54, 1.807) is 30.2 Å². The molecule has 102 valence electrons. The zero-order valence-electron chi connectivity index (χ0n) is 10.9. The zero-order chi connectivity index (χ0) is 14.3. The van der Waals surface area contributed by atoms with Crippen LogP contribution in [-0.4, -0.2) is 20.8 Å². The van der Waals surface area contributed by atoms with E-state index in [-0.39, 0.29) is 17.7 Å². The summed E-state index contributed by atoms with van der Waals surface area (Å²) < 4.78 is 13.5. The van der Waals surface area contributed by atoms with E-state index in [2.05, 4.69) is 9.97 Å². The predicted octanol–water partition coefficient (Wildman–Crippen LogP) is 1.66. The van der Waals surface area contributed by atoms with Gasteiger partial charge in [-0.1, -0.05) is 6.07 Å². The quantitative estimate of drug-likeness (QED) is 0.857. The minimum atomic E-state index is -0.378. The summed E-state index contributed by atoms with van der Waals surface area (Å²) in [5.74, 6) is -0.406. The van der Waals surface area contributed by atoms with E-state index in [9.17, 15) is 9.18 Å². The Labute approximate surface area is 115 Å². The molecule has 3 rings (SSSR count). The highest BCUT2D eigenvalue weighted by molar-refractivity contribution is 5.94. The van der Waals surface area contributed by atoms with Crippen LogP contribution in [0.5, 0.6) is 0 Å². The van der Waals surface area contributed by atoms with Gasteiger partial charge in [0.2, 0.25) is 5.95 Å². The molecule has 1 amide bonds. The summed E-state index contributed by atoms with van der Waals surface area (Å²) in [5.41, 5.74) is 8.00. The number of hydrogen-bond donors (Lipinski definition) is 1. The first-order valence-corrected chi connectivity index (χ1v) is 6.20. The number of halogens is 1. The summed E-state index contributed by atoms with van der Waals surface area (Å²) in [7, 11) is 0. The number of carbonyl (C=O) groups is 1. The van der Waals surface area contributed by atoms with Crippen molar-refractivity contribution in [1.82, 2.24) is 14.9 Å². The normalized spacial score (nSPS) is 13.4. The van der Waals surface area contributed by atoms with Gasteiger partial charge in [0.05, 0.1) is 12.2 Å².